The normalized spacial score (nSPS) is 10.7. The maximum atomic E-state index is 9.77. The van der Waals surface area contributed by atoms with Crippen LogP contribution in [0.5, 0.6) is 11.5 Å². The number of phenols is 2. The molecule has 0 fully saturated rings. The Morgan fingerprint density at radius 1 is 0.765 bits per heavy atom. The molecule has 3 N–H and O–H groups in total. The van der Waals surface area contributed by atoms with Gasteiger partial charge in [-0.05, 0) is 12.1 Å². The lowest BCUT2D eigenvalue weighted by Crippen LogP contribution is -2.06. The molecular weight excluding hydrogens is 216 g/mol. The van der Waals surface area contributed by atoms with Gasteiger partial charge in [0.15, 0.2) is 0 Å². The molecule has 0 unspecified atom stereocenters. The van der Waals surface area contributed by atoms with E-state index in [0.717, 1.165) is 0 Å². The van der Waals surface area contributed by atoms with Gasteiger partial charge in [-0.25, -0.2) is 0 Å². The Bertz CT molecular complexity index is 463. The minimum atomic E-state index is -0.419. The summed E-state index contributed by atoms with van der Waals surface area (Å²) in [4.78, 5) is 0. The topological polar surface area (TPSA) is 60.7 Å². The smallest absolute Gasteiger partial charge is 0.119 e. The fraction of sp³-hybridized carbons (Fsp3) is 0.143. The molecule has 0 bridgehead atoms. The molecule has 0 atom stereocenters. The van der Waals surface area contributed by atoms with E-state index in [-0.39, 0.29) is 18.1 Å². The van der Waals surface area contributed by atoms with Crippen LogP contribution in [0.25, 0.3) is 0 Å². The standard InChI is InChI=1S/C14H14O3/c15-9-12(10-5-1-3-7-13(10)16)11-6-2-4-8-14(11)17/h1-8,12,15-17H,9H2. The van der Waals surface area contributed by atoms with E-state index < -0.39 is 5.92 Å². The molecule has 3 heteroatoms. The van der Waals surface area contributed by atoms with Crippen LogP contribution in [0.4, 0.5) is 0 Å². The molecule has 17 heavy (non-hydrogen) atoms. The number of para-hydroxylation sites is 2. The van der Waals surface area contributed by atoms with E-state index >= 15 is 0 Å². The SMILES string of the molecule is OCC(c1ccccc1O)c1ccccc1O. The number of aliphatic hydroxyl groups is 1. The van der Waals surface area contributed by atoms with Gasteiger partial charge in [-0.2, -0.15) is 0 Å². The van der Waals surface area contributed by atoms with Crippen molar-refractivity contribution in [3.8, 4) is 11.5 Å². The van der Waals surface area contributed by atoms with Gasteiger partial charge < -0.3 is 15.3 Å². The van der Waals surface area contributed by atoms with Crippen molar-refractivity contribution in [3.63, 3.8) is 0 Å². The van der Waals surface area contributed by atoms with Crippen molar-refractivity contribution in [1.29, 1.82) is 0 Å². The Labute approximate surface area is 99.6 Å². The second kappa shape index (κ2) is 4.89. The summed E-state index contributed by atoms with van der Waals surface area (Å²) in [6.07, 6.45) is 0. The lowest BCUT2D eigenvalue weighted by molar-refractivity contribution is 0.275. The number of hydrogen-bond acceptors (Lipinski definition) is 3. The van der Waals surface area contributed by atoms with E-state index in [0.29, 0.717) is 11.1 Å². The largest absolute Gasteiger partial charge is 0.508 e. The molecular formula is C14H14O3. The molecule has 0 heterocycles. The van der Waals surface area contributed by atoms with E-state index in [9.17, 15) is 15.3 Å². The number of hydrogen-bond donors (Lipinski definition) is 3. The van der Waals surface area contributed by atoms with Gasteiger partial charge in [0, 0.05) is 17.0 Å². The monoisotopic (exact) mass is 230 g/mol. The highest BCUT2D eigenvalue weighted by molar-refractivity contribution is 5.45. The highest BCUT2D eigenvalue weighted by atomic mass is 16.3. The van der Waals surface area contributed by atoms with Gasteiger partial charge >= 0.3 is 0 Å². The van der Waals surface area contributed by atoms with Gasteiger partial charge in [-0.3, -0.25) is 0 Å². The van der Waals surface area contributed by atoms with Crippen LogP contribution in [-0.2, 0) is 0 Å². The van der Waals surface area contributed by atoms with Crippen LogP contribution in [0.15, 0.2) is 48.5 Å². The third kappa shape index (κ3) is 2.24. The van der Waals surface area contributed by atoms with E-state index in [1.165, 1.54) is 0 Å². The van der Waals surface area contributed by atoms with Crippen molar-refractivity contribution in [2.75, 3.05) is 6.61 Å². The van der Waals surface area contributed by atoms with Crippen molar-refractivity contribution in [2.24, 2.45) is 0 Å². The summed E-state index contributed by atoms with van der Waals surface area (Å²) < 4.78 is 0. The van der Waals surface area contributed by atoms with E-state index in [1.807, 2.05) is 0 Å². The van der Waals surface area contributed by atoms with Crippen LogP contribution < -0.4 is 0 Å². The second-order valence-electron chi connectivity index (χ2n) is 3.85. The van der Waals surface area contributed by atoms with Crippen molar-refractivity contribution in [3.05, 3.63) is 59.7 Å². The Hall–Kier alpha value is -2.00. The summed E-state index contributed by atoms with van der Waals surface area (Å²) >= 11 is 0. The predicted molar refractivity (Wildman–Crippen MR) is 65.1 cm³/mol. The zero-order valence-corrected chi connectivity index (χ0v) is 9.24. The molecule has 88 valence electrons. The van der Waals surface area contributed by atoms with Crippen LogP contribution in [-0.4, -0.2) is 21.9 Å². The van der Waals surface area contributed by atoms with E-state index in [4.69, 9.17) is 0 Å². The lowest BCUT2D eigenvalue weighted by atomic mass is 9.91. The van der Waals surface area contributed by atoms with Gasteiger partial charge in [0.25, 0.3) is 0 Å². The summed E-state index contributed by atoms with van der Waals surface area (Å²) in [5, 5.41) is 29.0. The number of phenolic OH excluding ortho intramolecular Hbond substituents is 2. The molecule has 0 radical (unpaired) electrons. The molecule has 0 spiro atoms. The Morgan fingerprint density at radius 3 is 1.53 bits per heavy atom. The number of benzene rings is 2. The third-order valence-corrected chi connectivity index (χ3v) is 2.81. The molecule has 0 amide bonds. The minimum absolute atomic E-state index is 0.120. The fourth-order valence-electron chi connectivity index (χ4n) is 1.93. The summed E-state index contributed by atoms with van der Waals surface area (Å²) in [5.41, 5.74) is 1.22. The molecule has 0 aromatic heterocycles. The molecule has 2 aromatic carbocycles. The van der Waals surface area contributed by atoms with Gasteiger partial charge in [-0.1, -0.05) is 36.4 Å². The quantitative estimate of drug-likeness (QED) is 0.757. The van der Waals surface area contributed by atoms with Gasteiger partial charge in [0.2, 0.25) is 0 Å². The number of aromatic hydroxyl groups is 2. The first-order chi connectivity index (χ1) is 8.24. The molecule has 0 aliphatic rings. The summed E-state index contributed by atoms with van der Waals surface area (Å²) in [6, 6.07) is 13.6. The Morgan fingerprint density at radius 2 is 1.18 bits per heavy atom. The van der Waals surface area contributed by atoms with Crippen LogP contribution in [0.1, 0.15) is 17.0 Å². The predicted octanol–water partition coefficient (Wildman–Crippen LogP) is 2.22. The van der Waals surface area contributed by atoms with Crippen LogP contribution in [0.3, 0.4) is 0 Å². The average molecular weight is 230 g/mol. The molecule has 0 saturated carbocycles. The third-order valence-electron chi connectivity index (χ3n) is 2.81. The number of aliphatic hydroxyl groups excluding tert-OH is 1. The van der Waals surface area contributed by atoms with E-state index in [2.05, 4.69) is 0 Å². The first-order valence-electron chi connectivity index (χ1n) is 5.40. The lowest BCUT2D eigenvalue weighted by Gasteiger charge is -2.17. The van der Waals surface area contributed by atoms with Gasteiger partial charge in [-0.15, -0.1) is 0 Å². The first kappa shape index (κ1) is 11.5. The van der Waals surface area contributed by atoms with Crippen molar-refractivity contribution in [2.45, 2.75) is 5.92 Å². The minimum Gasteiger partial charge on any atom is -0.508 e. The summed E-state index contributed by atoms with van der Waals surface area (Å²) in [7, 11) is 0. The Balaban J connectivity index is 2.48. The zero-order chi connectivity index (χ0) is 12.3. The maximum Gasteiger partial charge on any atom is 0.119 e. The van der Waals surface area contributed by atoms with Crippen LogP contribution in [0.2, 0.25) is 0 Å². The van der Waals surface area contributed by atoms with Gasteiger partial charge in [0.05, 0.1) is 6.61 Å². The van der Waals surface area contributed by atoms with Gasteiger partial charge in [0.1, 0.15) is 11.5 Å². The molecule has 3 nitrogen and oxygen atoms in total. The highest BCUT2D eigenvalue weighted by Crippen LogP contribution is 2.34. The van der Waals surface area contributed by atoms with Crippen LogP contribution in [0, 0.1) is 0 Å². The highest BCUT2D eigenvalue weighted by Gasteiger charge is 2.18. The first-order valence-corrected chi connectivity index (χ1v) is 5.40. The zero-order valence-electron chi connectivity index (χ0n) is 9.24. The average Bonchev–Trinajstić information content (AvgIpc) is 2.34. The maximum absolute atomic E-state index is 9.77. The van der Waals surface area contributed by atoms with Crippen LogP contribution >= 0.6 is 0 Å². The summed E-state index contributed by atoms with van der Waals surface area (Å²) in [6.45, 7) is -0.171. The van der Waals surface area contributed by atoms with Crippen molar-refractivity contribution in [1.82, 2.24) is 0 Å². The molecule has 0 aliphatic heterocycles. The molecule has 2 rings (SSSR count). The number of rotatable bonds is 3. The fourth-order valence-corrected chi connectivity index (χ4v) is 1.93. The molecule has 2 aromatic rings. The summed E-state index contributed by atoms with van der Waals surface area (Å²) in [5.74, 6) is -0.179. The van der Waals surface area contributed by atoms with E-state index in [1.54, 1.807) is 48.5 Å². The second-order valence-corrected chi connectivity index (χ2v) is 3.85. The van der Waals surface area contributed by atoms with Crippen molar-refractivity contribution < 1.29 is 15.3 Å². The molecule has 0 saturated heterocycles. The molecule has 0 aliphatic carbocycles. The van der Waals surface area contributed by atoms with Crippen molar-refractivity contribution >= 4 is 0 Å². The Kier molecular flexibility index (Phi) is 3.30.